The van der Waals surface area contributed by atoms with Crippen LogP contribution in [0.1, 0.15) is 35.3 Å². The Bertz CT molecular complexity index is 860. The van der Waals surface area contributed by atoms with Crippen molar-refractivity contribution in [3.8, 4) is 0 Å². The summed E-state index contributed by atoms with van der Waals surface area (Å²) in [6.07, 6.45) is 1.25. The summed E-state index contributed by atoms with van der Waals surface area (Å²) in [5.74, 6) is -0.785. The third kappa shape index (κ3) is 5.41. The van der Waals surface area contributed by atoms with Crippen LogP contribution >= 0.6 is 0 Å². The SMILES string of the molecule is CC(=O)c1ccc(NC(=O)/C=C(\C)C(=O)Nc2cc(C)cc(C)c2)cc1. The van der Waals surface area contributed by atoms with Gasteiger partial charge < -0.3 is 10.6 Å². The summed E-state index contributed by atoms with van der Waals surface area (Å²) in [7, 11) is 0. The number of carbonyl (C=O) groups excluding carboxylic acids is 3. The molecule has 0 unspecified atom stereocenters. The van der Waals surface area contributed by atoms with Gasteiger partial charge in [-0.05, 0) is 75.2 Å². The van der Waals surface area contributed by atoms with Gasteiger partial charge in [-0.15, -0.1) is 0 Å². The first-order chi connectivity index (χ1) is 12.2. The molecule has 5 nitrogen and oxygen atoms in total. The lowest BCUT2D eigenvalue weighted by Gasteiger charge is -2.08. The van der Waals surface area contributed by atoms with Crippen LogP contribution in [0.4, 0.5) is 11.4 Å². The fourth-order valence-corrected chi connectivity index (χ4v) is 2.51. The molecule has 0 heterocycles. The molecule has 134 valence electrons. The number of anilines is 2. The molecular formula is C21H22N2O3. The van der Waals surface area contributed by atoms with E-state index in [-0.39, 0.29) is 11.7 Å². The van der Waals surface area contributed by atoms with Gasteiger partial charge >= 0.3 is 0 Å². The maximum atomic E-state index is 12.2. The van der Waals surface area contributed by atoms with Gasteiger partial charge in [-0.2, -0.15) is 0 Å². The smallest absolute Gasteiger partial charge is 0.251 e. The van der Waals surface area contributed by atoms with Crippen molar-refractivity contribution in [1.29, 1.82) is 0 Å². The molecule has 2 aromatic carbocycles. The van der Waals surface area contributed by atoms with Gasteiger partial charge in [-0.1, -0.05) is 6.07 Å². The summed E-state index contributed by atoms with van der Waals surface area (Å²) >= 11 is 0. The molecule has 2 N–H and O–H groups in total. The summed E-state index contributed by atoms with van der Waals surface area (Å²) in [6.45, 7) is 6.97. The van der Waals surface area contributed by atoms with Gasteiger partial charge in [0, 0.05) is 28.6 Å². The predicted molar refractivity (Wildman–Crippen MR) is 103 cm³/mol. The highest BCUT2D eigenvalue weighted by Crippen LogP contribution is 2.15. The first kappa shape index (κ1) is 19.1. The monoisotopic (exact) mass is 350 g/mol. The number of hydrogen-bond acceptors (Lipinski definition) is 3. The molecule has 5 heteroatoms. The van der Waals surface area contributed by atoms with Crippen molar-refractivity contribution in [2.45, 2.75) is 27.7 Å². The molecule has 0 radical (unpaired) electrons. The van der Waals surface area contributed by atoms with Crippen molar-refractivity contribution in [3.63, 3.8) is 0 Å². The Kier molecular flexibility index (Phi) is 6.07. The highest BCUT2D eigenvalue weighted by molar-refractivity contribution is 6.10. The lowest BCUT2D eigenvalue weighted by Crippen LogP contribution is -2.16. The number of carbonyl (C=O) groups is 3. The van der Waals surface area contributed by atoms with Gasteiger partial charge in [0.05, 0.1) is 0 Å². The Hall–Kier alpha value is -3.21. The van der Waals surface area contributed by atoms with E-state index in [9.17, 15) is 14.4 Å². The zero-order valence-electron chi connectivity index (χ0n) is 15.3. The first-order valence-corrected chi connectivity index (χ1v) is 8.24. The van der Waals surface area contributed by atoms with Gasteiger partial charge in [0.15, 0.2) is 5.78 Å². The van der Waals surface area contributed by atoms with Crippen LogP contribution in [0.3, 0.4) is 0 Å². The summed E-state index contributed by atoms with van der Waals surface area (Å²) in [4.78, 5) is 35.6. The highest BCUT2D eigenvalue weighted by atomic mass is 16.2. The molecule has 0 saturated heterocycles. The van der Waals surface area contributed by atoms with Crippen LogP contribution in [-0.4, -0.2) is 17.6 Å². The number of nitrogens with one attached hydrogen (secondary N) is 2. The Morgan fingerprint density at radius 3 is 1.92 bits per heavy atom. The molecule has 0 saturated carbocycles. The molecule has 0 aromatic heterocycles. The molecule has 0 bridgehead atoms. The average Bonchev–Trinajstić information content (AvgIpc) is 2.54. The molecular weight excluding hydrogens is 328 g/mol. The van der Waals surface area contributed by atoms with Crippen molar-refractivity contribution in [1.82, 2.24) is 0 Å². The van der Waals surface area contributed by atoms with E-state index in [1.165, 1.54) is 13.0 Å². The van der Waals surface area contributed by atoms with Gasteiger partial charge in [0.25, 0.3) is 5.91 Å². The van der Waals surface area contributed by atoms with E-state index in [2.05, 4.69) is 10.6 Å². The largest absolute Gasteiger partial charge is 0.323 e. The van der Waals surface area contributed by atoms with E-state index in [0.29, 0.717) is 22.5 Å². The number of amides is 2. The third-order valence-corrected chi connectivity index (χ3v) is 3.74. The maximum Gasteiger partial charge on any atom is 0.251 e. The molecule has 2 amide bonds. The van der Waals surface area contributed by atoms with Gasteiger partial charge in [-0.3, -0.25) is 14.4 Å². The second kappa shape index (κ2) is 8.25. The molecule has 0 aliphatic carbocycles. The Balaban J connectivity index is 2.01. The lowest BCUT2D eigenvalue weighted by atomic mass is 10.1. The van der Waals surface area contributed by atoms with Crippen LogP contribution in [0, 0.1) is 13.8 Å². The van der Waals surface area contributed by atoms with E-state index >= 15 is 0 Å². The molecule has 2 rings (SSSR count). The van der Waals surface area contributed by atoms with Crippen LogP contribution < -0.4 is 10.6 Å². The lowest BCUT2D eigenvalue weighted by molar-refractivity contribution is -0.114. The number of rotatable bonds is 5. The summed E-state index contributed by atoms with van der Waals surface area (Å²) in [6, 6.07) is 12.3. The van der Waals surface area contributed by atoms with E-state index in [4.69, 9.17) is 0 Å². The third-order valence-electron chi connectivity index (χ3n) is 3.74. The van der Waals surface area contributed by atoms with Crippen molar-refractivity contribution in [3.05, 3.63) is 70.8 Å². The topological polar surface area (TPSA) is 75.3 Å². The van der Waals surface area contributed by atoms with Gasteiger partial charge in [0.2, 0.25) is 5.91 Å². The van der Waals surface area contributed by atoms with E-state index in [1.807, 2.05) is 32.0 Å². The molecule has 0 aliphatic rings. The number of benzene rings is 2. The van der Waals surface area contributed by atoms with Crippen molar-refractivity contribution in [2.75, 3.05) is 10.6 Å². The average molecular weight is 350 g/mol. The quantitative estimate of drug-likeness (QED) is 0.631. The highest BCUT2D eigenvalue weighted by Gasteiger charge is 2.08. The molecule has 0 fully saturated rings. The van der Waals surface area contributed by atoms with E-state index in [1.54, 1.807) is 31.2 Å². The zero-order chi connectivity index (χ0) is 19.3. The minimum atomic E-state index is -0.409. The van der Waals surface area contributed by atoms with E-state index in [0.717, 1.165) is 11.1 Å². The second-order valence-electron chi connectivity index (χ2n) is 6.28. The Morgan fingerprint density at radius 2 is 1.38 bits per heavy atom. The summed E-state index contributed by atoms with van der Waals surface area (Å²) < 4.78 is 0. The van der Waals surface area contributed by atoms with Crippen LogP contribution in [0.5, 0.6) is 0 Å². The maximum absolute atomic E-state index is 12.2. The van der Waals surface area contributed by atoms with Crippen molar-refractivity contribution >= 4 is 29.0 Å². The molecule has 0 aliphatic heterocycles. The predicted octanol–water partition coefficient (Wildman–Crippen LogP) is 4.03. The fraction of sp³-hybridized carbons (Fsp3) is 0.190. The second-order valence-corrected chi connectivity index (χ2v) is 6.28. The summed E-state index contributed by atoms with van der Waals surface area (Å²) in [5, 5.41) is 5.46. The molecule has 0 spiro atoms. The number of ketones is 1. The minimum absolute atomic E-state index is 0.0401. The minimum Gasteiger partial charge on any atom is -0.323 e. The van der Waals surface area contributed by atoms with Crippen LogP contribution in [0.2, 0.25) is 0 Å². The zero-order valence-corrected chi connectivity index (χ0v) is 15.3. The Labute approximate surface area is 153 Å². The van der Waals surface area contributed by atoms with Crippen molar-refractivity contribution in [2.24, 2.45) is 0 Å². The number of hydrogen-bond donors (Lipinski definition) is 2. The van der Waals surface area contributed by atoms with Crippen LogP contribution in [-0.2, 0) is 9.59 Å². The Morgan fingerprint density at radius 1 is 0.808 bits per heavy atom. The van der Waals surface area contributed by atoms with Crippen LogP contribution in [0.25, 0.3) is 0 Å². The molecule has 0 atom stereocenters. The molecule has 26 heavy (non-hydrogen) atoms. The molecule has 2 aromatic rings. The van der Waals surface area contributed by atoms with Crippen molar-refractivity contribution < 1.29 is 14.4 Å². The number of Topliss-reactive ketones (excluding diaryl/α,β-unsaturated/α-hetero) is 1. The number of aryl methyl sites for hydroxylation is 2. The first-order valence-electron chi connectivity index (χ1n) is 8.24. The summed E-state index contributed by atoms with van der Waals surface area (Å²) in [5.41, 5.74) is 4.21. The normalized spacial score (nSPS) is 11.0. The standard InChI is InChI=1S/C21H22N2O3/c1-13-9-14(2)11-19(10-13)23-21(26)15(3)12-20(25)22-18-7-5-17(6-8-18)16(4)24/h5-12H,1-4H3,(H,22,25)(H,23,26)/b15-12+. The van der Waals surface area contributed by atoms with Crippen LogP contribution in [0.15, 0.2) is 54.1 Å². The fourth-order valence-electron chi connectivity index (χ4n) is 2.51. The van der Waals surface area contributed by atoms with E-state index < -0.39 is 5.91 Å². The van der Waals surface area contributed by atoms with Gasteiger partial charge in [-0.25, -0.2) is 0 Å². The van der Waals surface area contributed by atoms with Gasteiger partial charge in [0.1, 0.15) is 0 Å².